The summed E-state index contributed by atoms with van der Waals surface area (Å²) in [6, 6.07) is 6.44. The van der Waals surface area contributed by atoms with E-state index in [9.17, 15) is 19.8 Å². The van der Waals surface area contributed by atoms with Crippen LogP contribution in [0.4, 0.5) is 0 Å². The molecule has 0 spiro atoms. The third-order valence-electron chi connectivity index (χ3n) is 6.44. The summed E-state index contributed by atoms with van der Waals surface area (Å²) in [6.07, 6.45) is 3.32. The van der Waals surface area contributed by atoms with Crippen molar-refractivity contribution in [1.82, 2.24) is 0 Å². The molecule has 0 radical (unpaired) electrons. The maximum absolute atomic E-state index is 12.3. The normalized spacial score (nSPS) is 27.9. The topological polar surface area (TPSA) is 93.1 Å². The van der Waals surface area contributed by atoms with E-state index in [-0.39, 0.29) is 61.2 Å². The third-order valence-corrected chi connectivity index (χ3v) is 6.44. The monoisotopic (exact) mass is 410 g/mol. The van der Waals surface area contributed by atoms with Gasteiger partial charge in [0.1, 0.15) is 18.5 Å². The van der Waals surface area contributed by atoms with Gasteiger partial charge in [0.15, 0.2) is 0 Å². The second kappa shape index (κ2) is 8.11. The van der Waals surface area contributed by atoms with Crippen molar-refractivity contribution in [3.8, 4) is 5.75 Å². The number of carbonyl (C=O) groups is 2. The highest BCUT2D eigenvalue weighted by atomic mass is 16.6. The number of benzene rings is 1. The second-order valence-corrected chi connectivity index (χ2v) is 8.29. The van der Waals surface area contributed by atoms with Gasteiger partial charge in [0.05, 0.1) is 13.0 Å². The molecule has 0 saturated carbocycles. The van der Waals surface area contributed by atoms with Crippen LogP contribution in [0.3, 0.4) is 0 Å². The molecule has 6 nitrogen and oxygen atoms in total. The third kappa shape index (κ3) is 3.67. The van der Waals surface area contributed by atoms with Gasteiger partial charge >= 0.3 is 11.9 Å². The smallest absolute Gasteiger partial charge is 0.334 e. The molecule has 0 amide bonds. The number of esters is 2. The molecule has 1 heterocycles. The lowest BCUT2D eigenvalue weighted by atomic mass is 9.82. The fraction of sp³-hybridized carbons (Fsp3) is 0.417. The van der Waals surface area contributed by atoms with Gasteiger partial charge in [-0.15, -0.1) is 0 Å². The molecule has 158 valence electrons. The Morgan fingerprint density at radius 3 is 2.73 bits per heavy atom. The van der Waals surface area contributed by atoms with Gasteiger partial charge in [0, 0.05) is 23.3 Å². The van der Waals surface area contributed by atoms with Gasteiger partial charge in [-0.25, -0.2) is 4.79 Å². The Bertz CT molecular complexity index is 939. The maximum Gasteiger partial charge on any atom is 0.334 e. The molecule has 30 heavy (non-hydrogen) atoms. The first kappa shape index (κ1) is 20.4. The number of phenols is 1. The number of fused-ring (bicyclic) bond motifs is 3. The Hall–Kier alpha value is -2.86. The first-order valence-corrected chi connectivity index (χ1v) is 10.2. The number of hydrogen-bond donors (Lipinski definition) is 2. The molecule has 1 aromatic rings. The summed E-state index contributed by atoms with van der Waals surface area (Å²) >= 11 is 0. The maximum atomic E-state index is 12.3. The number of ether oxygens (including phenoxy) is 2. The number of hydrogen-bond acceptors (Lipinski definition) is 6. The highest BCUT2D eigenvalue weighted by molar-refractivity contribution is 5.91. The van der Waals surface area contributed by atoms with Crippen LogP contribution in [-0.2, 0) is 25.5 Å². The molecule has 0 bridgehead atoms. The summed E-state index contributed by atoms with van der Waals surface area (Å²) in [4.78, 5) is 24.4. The van der Waals surface area contributed by atoms with Crippen molar-refractivity contribution in [2.24, 2.45) is 17.8 Å². The predicted molar refractivity (Wildman–Crippen MR) is 109 cm³/mol. The molecule has 1 aromatic carbocycles. The minimum Gasteiger partial charge on any atom is -0.508 e. The van der Waals surface area contributed by atoms with Crippen molar-refractivity contribution < 1.29 is 29.3 Å². The molecule has 3 aliphatic rings. The van der Waals surface area contributed by atoms with Crippen molar-refractivity contribution in [3.63, 3.8) is 0 Å². The molecule has 4 rings (SSSR count). The Labute approximate surface area is 175 Å². The Kier molecular flexibility index (Phi) is 5.52. The van der Waals surface area contributed by atoms with Crippen molar-refractivity contribution in [2.75, 3.05) is 13.2 Å². The van der Waals surface area contributed by atoms with Crippen LogP contribution < -0.4 is 0 Å². The van der Waals surface area contributed by atoms with Gasteiger partial charge in [-0.2, -0.15) is 0 Å². The average Bonchev–Trinajstić information content (AvgIpc) is 3.18. The fourth-order valence-corrected chi connectivity index (χ4v) is 4.94. The number of phenolic OH excluding ortho intramolecular Hbond substituents is 1. The molecule has 1 unspecified atom stereocenters. The van der Waals surface area contributed by atoms with Gasteiger partial charge in [0.25, 0.3) is 0 Å². The highest BCUT2D eigenvalue weighted by Crippen LogP contribution is 2.50. The minimum absolute atomic E-state index is 0.0549. The first-order valence-electron chi connectivity index (χ1n) is 10.2. The fourth-order valence-electron chi connectivity index (χ4n) is 4.94. The van der Waals surface area contributed by atoms with Gasteiger partial charge in [-0.1, -0.05) is 35.9 Å². The standard InChI is InChI=1S/C24H26O6/c1-13-3-8-19-14(2)24(28)30-23(19)22-16(11-25)10-17(21(13)22)12-29-20(27)9-15-4-6-18(26)7-5-15/h4-7,10,17,19,22-23,25-26H,2-3,8-9,11-12H2,1H3/t17?,19-,22-,23-/m0/s1. The van der Waals surface area contributed by atoms with Gasteiger partial charge in [-0.05, 0) is 43.0 Å². The van der Waals surface area contributed by atoms with Gasteiger partial charge in [0.2, 0.25) is 0 Å². The largest absolute Gasteiger partial charge is 0.508 e. The SMILES string of the molecule is C=C1C(=O)O[C@@H]2[C@H]3C(CO)=CC(COC(=O)Cc4ccc(O)cc4)C3=C(C)CC[C@@H]12. The zero-order valence-corrected chi connectivity index (χ0v) is 17.0. The lowest BCUT2D eigenvalue weighted by Gasteiger charge is -2.26. The van der Waals surface area contributed by atoms with Crippen molar-refractivity contribution in [1.29, 1.82) is 0 Å². The number of carbonyl (C=O) groups excluding carboxylic acids is 2. The van der Waals surface area contributed by atoms with Crippen LogP contribution in [0.5, 0.6) is 5.75 Å². The lowest BCUT2D eigenvalue weighted by Crippen LogP contribution is -2.29. The van der Waals surface area contributed by atoms with E-state index in [0.717, 1.165) is 29.6 Å². The zero-order chi connectivity index (χ0) is 21.4. The molecule has 6 heteroatoms. The number of aliphatic hydroxyl groups excluding tert-OH is 1. The number of allylic oxidation sites excluding steroid dienone is 1. The predicted octanol–water partition coefficient (Wildman–Crippen LogP) is 2.85. The molecule has 1 aliphatic heterocycles. The summed E-state index contributed by atoms with van der Waals surface area (Å²) in [6.45, 7) is 6.02. The lowest BCUT2D eigenvalue weighted by molar-refractivity contribution is -0.143. The molecule has 1 fully saturated rings. The van der Waals surface area contributed by atoms with Crippen LogP contribution in [0.2, 0.25) is 0 Å². The van der Waals surface area contributed by atoms with E-state index in [1.165, 1.54) is 17.7 Å². The van der Waals surface area contributed by atoms with Crippen LogP contribution >= 0.6 is 0 Å². The number of aromatic hydroxyl groups is 1. The average molecular weight is 410 g/mol. The van der Waals surface area contributed by atoms with Crippen molar-refractivity contribution >= 4 is 11.9 Å². The van der Waals surface area contributed by atoms with E-state index in [0.29, 0.717) is 5.57 Å². The first-order chi connectivity index (χ1) is 14.4. The van der Waals surface area contributed by atoms with E-state index in [4.69, 9.17) is 9.47 Å². The Balaban J connectivity index is 1.49. The molecule has 1 saturated heterocycles. The summed E-state index contributed by atoms with van der Waals surface area (Å²) < 4.78 is 11.2. The second-order valence-electron chi connectivity index (χ2n) is 8.29. The van der Waals surface area contributed by atoms with Crippen molar-refractivity contribution in [2.45, 2.75) is 32.3 Å². The van der Waals surface area contributed by atoms with Crippen LogP contribution in [0.15, 0.2) is 59.2 Å². The minimum atomic E-state index is -0.357. The summed E-state index contributed by atoms with van der Waals surface area (Å²) in [7, 11) is 0. The molecular weight excluding hydrogens is 384 g/mol. The Morgan fingerprint density at radius 2 is 2.03 bits per heavy atom. The van der Waals surface area contributed by atoms with E-state index in [1.54, 1.807) is 12.1 Å². The van der Waals surface area contributed by atoms with E-state index < -0.39 is 0 Å². The molecular formula is C24H26O6. The van der Waals surface area contributed by atoms with Crippen LogP contribution in [0, 0.1) is 17.8 Å². The highest BCUT2D eigenvalue weighted by Gasteiger charge is 2.50. The quantitative estimate of drug-likeness (QED) is 0.441. The molecule has 2 aliphatic carbocycles. The van der Waals surface area contributed by atoms with Gasteiger partial charge in [-0.3, -0.25) is 4.79 Å². The van der Waals surface area contributed by atoms with E-state index >= 15 is 0 Å². The van der Waals surface area contributed by atoms with Gasteiger partial charge < -0.3 is 19.7 Å². The molecule has 0 aromatic heterocycles. The Morgan fingerprint density at radius 1 is 1.30 bits per heavy atom. The summed E-state index contributed by atoms with van der Waals surface area (Å²) in [5, 5.41) is 19.3. The van der Waals surface area contributed by atoms with E-state index in [2.05, 4.69) is 13.5 Å². The molecule has 2 N–H and O–H groups in total. The van der Waals surface area contributed by atoms with Crippen LogP contribution in [0.1, 0.15) is 25.3 Å². The molecule has 4 atom stereocenters. The van der Waals surface area contributed by atoms with Crippen LogP contribution in [0.25, 0.3) is 0 Å². The number of rotatable bonds is 5. The number of aliphatic hydroxyl groups is 1. The summed E-state index contributed by atoms with van der Waals surface area (Å²) in [5.41, 5.74) is 4.36. The van der Waals surface area contributed by atoms with Crippen molar-refractivity contribution in [3.05, 3.63) is 64.8 Å². The summed E-state index contributed by atoms with van der Waals surface area (Å²) in [5.74, 6) is -0.951. The zero-order valence-electron chi connectivity index (χ0n) is 17.0. The van der Waals surface area contributed by atoms with Crippen LogP contribution in [-0.4, -0.2) is 41.5 Å². The van der Waals surface area contributed by atoms with E-state index in [1.807, 2.05) is 6.08 Å².